The molecule has 1 aromatic heterocycles. The Labute approximate surface area is 155 Å². The van der Waals surface area contributed by atoms with Crippen molar-refractivity contribution in [2.75, 3.05) is 6.54 Å². The summed E-state index contributed by atoms with van der Waals surface area (Å²) >= 11 is 1.83. The number of carbonyl (C=O) groups excluding carboxylic acids is 1. The van der Waals surface area contributed by atoms with Gasteiger partial charge in [-0.15, -0.1) is 11.3 Å². The Morgan fingerprint density at radius 3 is 2.68 bits per heavy atom. The van der Waals surface area contributed by atoms with Gasteiger partial charge in [-0.2, -0.15) is 0 Å². The largest absolute Gasteiger partial charge is 0.331 e. The van der Waals surface area contributed by atoms with Crippen LogP contribution in [-0.2, 0) is 11.2 Å². The van der Waals surface area contributed by atoms with Crippen molar-refractivity contribution in [2.24, 2.45) is 5.92 Å². The zero-order chi connectivity index (χ0) is 17.8. The van der Waals surface area contributed by atoms with Gasteiger partial charge in [0.25, 0.3) is 0 Å². The number of rotatable bonds is 6. The van der Waals surface area contributed by atoms with Gasteiger partial charge >= 0.3 is 0 Å². The molecule has 0 saturated carbocycles. The van der Waals surface area contributed by atoms with Gasteiger partial charge in [0.1, 0.15) is 0 Å². The summed E-state index contributed by atoms with van der Waals surface area (Å²) in [5.74, 6) is 0.506. The lowest BCUT2D eigenvalue weighted by Crippen LogP contribution is -2.43. The molecule has 2 heterocycles. The lowest BCUT2D eigenvalue weighted by molar-refractivity contribution is -0.138. The van der Waals surface area contributed by atoms with Gasteiger partial charge in [0.15, 0.2) is 0 Å². The van der Waals surface area contributed by atoms with Crippen LogP contribution in [-0.4, -0.2) is 17.4 Å². The van der Waals surface area contributed by atoms with Gasteiger partial charge in [0.2, 0.25) is 5.91 Å². The number of fused-ring (bicyclic) bond motifs is 1. The average Bonchev–Trinajstić information content (AvgIpc) is 3.11. The summed E-state index contributed by atoms with van der Waals surface area (Å²) in [5.41, 5.74) is 3.83. The van der Waals surface area contributed by atoms with Crippen LogP contribution in [0.2, 0.25) is 0 Å². The third-order valence-corrected chi connectivity index (χ3v) is 6.39. The summed E-state index contributed by atoms with van der Waals surface area (Å²) in [6.45, 7) is 7.30. The van der Waals surface area contributed by atoms with Gasteiger partial charge in [-0.05, 0) is 48.8 Å². The van der Waals surface area contributed by atoms with Gasteiger partial charge in [-0.3, -0.25) is 4.79 Å². The predicted molar refractivity (Wildman–Crippen MR) is 106 cm³/mol. The van der Waals surface area contributed by atoms with Crippen molar-refractivity contribution in [3.8, 4) is 0 Å². The zero-order valence-corrected chi connectivity index (χ0v) is 16.4. The number of hydrogen-bond acceptors (Lipinski definition) is 2. The monoisotopic (exact) mass is 355 g/mol. The molecule has 2 atom stereocenters. The molecule has 134 valence electrons. The first-order valence-electron chi connectivity index (χ1n) is 9.59. The van der Waals surface area contributed by atoms with Crippen LogP contribution in [0.5, 0.6) is 0 Å². The summed E-state index contributed by atoms with van der Waals surface area (Å²) < 4.78 is 0. The smallest absolute Gasteiger partial charge is 0.226 e. The maximum Gasteiger partial charge on any atom is 0.226 e. The minimum Gasteiger partial charge on any atom is -0.331 e. The highest BCUT2D eigenvalue weighted by atomic mass is 32.1. The Morgan fingerprint density at radius 1 is 1.24 bits per heavy atom. The Bertz CT molecular complexity index is 703. The molecular weight excluding hydrogens is 326 g/mol. The molecule has 0 N–H and O–H groups in total. The number of unbranched alkanes of at least 4 members (excludes halogenated alkanes) is 1. The Hall–Kier alpha value is -1.61. The van der Waals surface area contributed by atoms with E-state index in [0.29, 0.717) is 5.91 Å². The molecule has 3 rings (SSSR count). The van der Waals surface area contributed by atoms with E-state index in [-0.39, 0.29) is 12.0 Å². The standard InChI is InChI=1S/C22H29NOS/c1-4-6-7-17(5-2)22(24)23-14-12-20-19(13-15-25-20)21(23)18-10-8-16(3)9-11-18/h8-11,13,15,17,21H,4-7,12,14H2,1-3H3/t17-,21-/m1/s1. The Morgan fingerprint density at radius 2 is 2.00 bits per heavy atom. The molecule has 0 unspecified atom stereocenters. The first-order valence-corrected chi connectivity index (χ1v) is 10.5. The van der Waals surface area contributed by atoms with Crippen LogP contribution in [0.1, 0.15) is 67.1 Å². The molecule has 2 aromatic rings. The quantitative estimate of drug-likeness (QED) is 0.646. The second-order valence-electron chi connectivity index (χ2n) is 7.14. The van der Waals surface area contributed by atoms with Crippen LogP contribution in [0.15, 0.2) is 35.7 Å². The van der Waals surface area contributed by atoms with E-state index in [4.69, 9.17) is 0 Å². The predicted octanol–water partition coefficient (Wildman–Crippen LogP) is 5.75. The highest BCUT2D eigenvalue weighted by Crippen LogP contribution is 2.39. The van der Waals surface area contributed by atoms with E-state index in [0.717, 1.165) is 38.6 Å². The van der Waals surface area contributed by atoms with Crippen molar-refractivity contribution in [3.05, 3.63) is 57.3 Å². The number of carbonyl (C=O) groups is 1. The van der Waals surface area contributed by atoms with E-state index in [1.165, 1.54) is 21.6 Å². The molecule has 0 fully saturated rings. The average molecular weight is 356 g/mol. The fraction of sp³-hybridized carbons (Fsp3) is 0.500. The van der Waals surface area contributed by atoms with E-state index in [2.05, 4.69) is 61.4 Å². The molecule has 2 nitrogen and oxygen atoms in total. The molecule has 1 aliphatic rings. The van der Waals surface area contributed by atoms with Crippen LogP contribution in [0.4, 0.5) is 0 Å². The lowest BCUT2D eigenvalue weighted by Gasteiger charge is -2.38. The molecule has 3 heteroatoms. The van der Waals surface area contributed by atoms with Gasteiger partial charge in [0.05, 0.1) is 6.04 Å². The minimum absolute atomic E-state index is 0.0822. The van der Waals surface area contributed by atoms with E-state index < -0.39 is 0 Å². The number of thiophene rings is 1. The van der Waals surface area contributed by atoms with Gasteiger partial charge in [-0.1, -0.05) is 56.5 Å². The van der Waals surface area contributed by atoms with Crippen LogP contribution >= 0.6 is 11.3 Å². The van der Waals surface area contributed by atoms with Crippen LogP contribution in [0.25, 0.3) is 0 Å². The number of amides is 1. The van der Waals surface area contributed by atoms with Crippen LogP contribution in [0, 0.1) is 12.8 Å². The van der Waals surface area contributed by atoms with Crippen molar-refractivity contribution >= 4 is 17.2 Å². The third-order valence-electron chi connectivity index (χ3n) is 5.39. The zero-order valence-electron chi connectivity index (χ0n) is 15.6. The molecule has 1 amide bonds. The van der Waals surface area contributed by atoms with Crippen molar-refractivity contribution < 1.29 is 4.79 Å². The molecule has 0 bridgehead atoms. The summed E-state index contributed by atoms with van der Waals surface area (Å²) in [5, 5.41) is 2.17. The van der Waals surface area contributed by atoms with E-state index in [1.807, 2.05) is 11.3 Å². The van der Waals surface area contributed by atoms with Crippen molar-refractivity contribution in [1.82, 2.24) is 4.90 Å². The van der Waals surface area contributed by atoms with Crippen molar-refractivity contribution in [3.63, 3.8) is 0 Å². The van der Waals surface area contributed by atoms with Crippen molar-refractivity contribution in [1.29, 1.82) is 0 Å². The maximum atomic E-state index is 13.3. The normalized spacial score (nSPS) is 18.0. The number of benzene rings is 1. The summed E-state index contributed by atoms with van der Waals surface area (Å²) in [6, 6.07) is 11.0. The minimum atomic E-state index is 0.0822. The molecule has 1 aliphatic heterocycles. The van der Waals surface area contributed by atoms with E-state index >= 15 is 0 Å². The number of nitrogens with zero attached hydrogens (tertiary/aromatic N) is 1. The van der Waals surface area contributed by atoms with Gasteiger partial charge < -0.3 is 4.90 Å². The second-order valence-corrected chi connectivity index (χ2v) is 8.14. The maximum absolute atomic E-state index is 13.3. The molecular formula is C22H29NOS. The molecule has 0 aliphatic carbocycles. The van der Waals surface area contributed by atoms with Crippen LogP contribution in [0.3, 0.4) is 0 Å². The fourth-order valence-electron chi connectivity index (χ4n) is 3.85. The topological polar surface area (TPSA) is 20.3 Å². The highest BCUT2D eigenvalue weighted by Gasteiger charge is 2.35. The number of aryl methyl sites for hydroxylation is 1. The summed E-state index contributed by atoms with van der Waals surface area (Å²) in [7, 11) is 0. The highest BCUT2D eigenvalue weighted by molar-refractivity contribution is 7.10. The number of hydrogen-bond donors (Lipinski definition) is 0. The molecule has 0 spiro atoms. The third kappa shape index (κ3) is 3.82. The second kappa shape index (κ2) is 8.18. The van der Waals surface area contributed by atoms with Crippen LogP contribution < -0.4 is 0 Å². The molecule has 1 aromatic carbocycles. The van der Waals surface area contributed by atoms with Gasteiger partial charge in [0, 0.05) is 17.3 Å². The fourth-order valence-corrected chi connectivity index (χ4v) is 4.75. The Kier molecular flexibility index (Phi) is 5.95. The molecule has 25 heavy (non-hydrogen) atoms. The first-order chi connectivity index (χ1) is 12.2. The van der Waals surface area contributed by atoms with E-state index in [1.54, 1.807) is 0 Å². The molecule has 0 radical (unpaired) electrons. The SMILES string of the molecule is CCCC[C@@H](CC)C(=O)N1CCc2sccc2[C@H]1c1ccc(C)cc1. The van der Waals surface area contributed by atoms with Crippen molar-refractivity contribution in [2.45, 2.75) is 58.9 Å². The Balaban J connectivity index is 1.94. The summed E-state index contributed by atoms with van der Waals surface area (Å²) in [4.78, 5) is 16.9. The van der Waals surface area contributed by atoms with Gasteiger partial charge in [-0.25, -0.2) is 0 Å². The lowest BCUT2D eigenvalue weighted by atomic mass is 9.90. The summed E-state index contributed by atoms with van der Waals surface area (Å²) in [6.07, 6.45) is 5.23. The molecule has 0 saturated heterocycles. The first kappa shape index (κ1) is 18.2. The van der Waals surface area contributed by atoms with E-state index in [9.17, 15) is 4.79 Å².